The molecule has 2 rings (SSSR count). The van der Waals surface area contributed by atoms with E-state index in [9.17, 15) is 4.79 Å². The number of methoxy groups -OCH3 is 2. The van der Waals surface area contributed by atoms with Crippen molar-refractivity contribution in [1.29, 1.82) is 0 Å². The van der Waals surface area contributed by atoms with Gasteiger partial charge in [-0.3, -0.25) is 4.79 Å². The van der Waals surface area contributed by atoms with Crippen molar-refractivity contribution in [3.8, 4) is 11.5 Å². The molecule has 0 radical (unpaired) electrons. The third-order valence-corrected chi connectivity index (χ3v) is 5.32. The number of carbonyl (C=O) groups excluding carboxylic acids is 1. The van der Waals surface area contributed by atoms with Gasteiger partial charge in [0.15, 0.2) is 16.7 Å². The second-order valence-electron chi connectivity index (χ2n) is 7.18. The van der Waals surface area contributed by atoms with Gasteiger partial charge >= 0.3 is 0 Å². The summed E-state index contributed by atoms with van der Waals surface area (Å²) in [5, 5.41) is 3.71. The van der Waals surface area contributed by atoms with Crippen LogP contribution in [0.15, 0.2) is 29.4 Å². The summed E-state index contributed by atoms with van der Waals surface area (Å²) in [7, 11) is 5.19. The first kappa shape index (κ1) is 24.1. The van der Waals surface area contributed by atoms with E-state index in [1.807, 2.05) is 30.1 Å². The highest BCUT2D eigenvalue weighted by atomic mass is 35.5. The molecule has 0 aliphatic carbocycles. The summed E-state index contributed by atoms with van der Waals surface area (Å²) >= 11 is 7.45. The van der Waals surface area contributed by atoms with Gasteiger partial charge in [-0.2, -0.15) is 0 Å². The SMILES string of the molecule is COc1ccc(CCN(C)c2cc(Cl)nc(SCC(=O)NCC(C)C)n2)cc1OC. The highest BCUT2D eigenvalue weighted by Gasteiger charge is 2.12. The Bertz CT molecular complexity index is 851. The van der Waals surface area contributed by atoms with Crippen molar-refractivity contribution >= 4 is 35.1 Å². The van der Waals surface area contributed by atoms with Crippen molar-refractivity contribution in [2.75, 3.05) is 45.0 Å². The number of ether oxygens (including phenoxy) is 2. The van der Waals surface area contributed by atoms with Gasteiger partial charge in [0, 0.05) is 26.2 Å². The van der Waals surface area contributed by atoms with Gasteiger partial charge in [-0.1, -0.05) is 43.3 Å². The van der Waals surface area contributed by atoms with Crippen molar-refractivity contribution in [3.05, 3.63) is 35.0 Å². The lowest BCUT2D eigenvalue weighted by Gasteiger charge is -2.19. The smallest absolute Gasteiger partial charge is 0.230 e. The molecule has 2 aromatic rings. The van der Waals surface area contributed by atoms with E-state index in [4.69, 9.17) is 21.1 Å². The fourth-order valence-corrected chi connectivity index (χ4v) is 3.50. The van der Waals surface area contributed by atoms with Crippen LogP contribution in [0.25, 0.3) is 0 Å². The van der Waals surface area contributed by atoms with E-state index in [1.54, 1.807) is 20.3 Å². The molecule has 0 spiro atoms. The number of likely N-dealkylation sites (N-methyl/N-ethyl adjacent to an activating group) is 1. The largest absolute Gasteiger partial charge is 0.493 e. The predicted octanol–water partition coefficient (Wildman–Crippen LogP) is 3.69. The number of hydrogen-bond acceptors (Lipinski definition) is 7. The molecule has 30 heavy (non-hydrogen) atoms. The number of rotatable bonds is 11. The number of benzene rings is 1. The van der Waals surface area contributed by atoms with Gasteiger partial charge < -0.3 is 19.7 Å². The number of amides is 1. The Kier molecular flexibility index (Phi) is 9.52. The standard InChI is InChI=1S/C21H29ClN4O3S/c1-14(2)12-23-20(27)13-30-21-24-18(22)11-19(25-21)26(3)9-8-15-6-7-16(28-4)17(10-15)29-5/h6-7,10-11,14H,8-9,12-13H2,1-5H3,(H,23,27). The Balaban J connectivity index is 1.97. The molecule has 0 unspecified atom stereocenters. The molecule has 164 valence electrons. The summed E-state index contributed by atoms with van der Waals surface area (Å²) in [6.45, 7) is 5.48. The Labute approximate surface area is 187 Å². The maximum absolute atomic E-state index is 11.9. The van der Waals surface area contributed by atoms with E-state index < -0.39 is 0 Å². The van der Waals surface area contributed by atoms with Crippen molar-refractivity contribution < 1.29 is 14.3 Å². The van der Waals surface area contributed by atoms with Gasteiger partial charge in [0.1, 0.15) is 11.0 Å². The number of anilines is 1. The maximum Gasteiger partial charge on any atom is 0.230 e. The van der Waals surface area contributed by atoms with E-state index in [2.05, 4.69) is 29.1 Å². The van der Waals surface area contributed by atoms with Crippen LogP contribution in [0.5, 0.6) is 11.5 Å². The average molecular weight is 453 g/mol. The van der Waals surface area contributed by atoms with E-state index in [0.29, 0.717) is 40.1 Å². The molecule has 0 bridgehead atoms. The molecule has 1 aromatic heterocycles. The Hall–Kier alpha value is -2.19. The zero-order chi connectivity index (χ0) is 22.1. The molecule has 7 nitrogen and oxygen atoms in total. The summed E-state index contributed by atoms with van der Waals surface area (Å²) < 4.78 is 10.6. The summed E-state index contributed by atoms with van der Waals surface area (Å²) in [6, 6.07) is 7.60. The molecule has 0 aliphatic rings. The van der Waals surface area contributed by atoms with Crippen LogP contribution in [0.2, 0.25) is 5.15 Å². The maximum atomic E-state index is 11.9. The van der Waals surface area contributed by atoms with Crippen LogP contribution in [0.3, 0.4) is 0 Å². The fraction of sp³-hybridized carbons (Fsp3) is 0.476. The second-order valence-corrected chi connectivity index (χ2v) is 8.51. The quantitative estimate of drug-likeness (QED) is 0.316. The first-order valence-electron chi connectivity index (χ1n) is 9.68. The molecular weight excluding hydrogens is 424 g/mol. The van der Waals surface area contributed by atoms with Crippen LogP contribution in [0.4, 0.5) is 5.82 Å². The third kappa shape index (κ3) is 7.57. The Morgan fingerprint density at radius 2 is 1.93 bits per heavy atom. The van der Waals surface area contributed by atoms with Crippen molar-refractivity contribution in [2.45, 2.75) is 25.4 Å². The number of nitrogens with one attached hydrogen (secondary N) is 1. The van der Waals surface area contributed by atoms with Gasteiger partial charge in [-0.05, 0) is 30.0 Å². The predicted molar refractivity (Wildman–Crippen MR) is 122 cm³/mol. The molecular formula is C21H29ClN4O3S. The van der Waals surface area contributed by atoms with Crippen molar-refractivity contribution in [1.82, 2.24) is 15.3 Å². The first-order chi connectivity index (χ1) is 14.3. The van der Waals surface area contributed by atoms with Gasteiger partial charge in [0.25, 0.3) is 0 Å². The topological polar surface area (TPSA) is 76.6 Å². The van der Waals surface area contributed by atoms with Gasteiger partial charge in [0.2, 0.25) is 5.91 Å². The summed E-state index contributed by atoms with van der Waals surface area (Å²) in [5.74, 6) is 2.74. The number of thioether (sulfide) groups is 1. The minimum Gasteiger partial charge on any atom is -0.493 e. The zero-order valence-corrected chi connectivity index (χ0v) is 19.6. The minimum atomic E-state index is -0.0411. The van der Waals surface area contributed by atoms with Crippen LogP contribution in [0, 0.1) is 5.92 Å². The second kappa shape index (κ2) is 11.9. The number of halogens is 1. The van der Waals surface area contributed by atoms with Crippen molar-refractivity contribution in [2.24, 2.45) is 5.92 Å². The highest BCUT2D eigenvalue weighted by Crippen LogP contribution is 2.28. The molecule has 1 amide bonds. The van der Waals surface area contributed by atoms with E-state index in [0.717, 1.165) is 18.5 Å². The molecule has 1 N–H and O–H groups in total. The molecule has 0 fully saturated rings. The number of nitrogens with zero attached hydrogens (tertiary/aromatic N) is 3. The lowest BCUT2D eigenvalue weighted by Crippen LogP contribution is -2.28. The highest BCUT2D eigenvalue weighted by molar-refractivity contribution is 7.99. The summed E-state index contributed by atoms with van der Waals surface area (Å²) in [4.78, 5) is 22.7. The zero-order valence-electron chi connectivity index (χ0n) is 18.1. The molecule has 0 atom stereocenters. The van der Waals surface area contributed by atoms with Crippen LogP contribution >= 0.6 is 23.4 Å². The lowest BCUT2D eigenvalue weighted by atomic mass is 10.1. The van der Waals surface area contributed by atoms with Crippen LogP contribution in [0.1, 0.15) is 19.4 Å². The third-order valence-electron chi connectivity index (χ3n) is 4.28. The summed E-state index contributed by atoms with van der Waals surface area (Å²) in [6.07, 6.45) is 0.790. The monoisotopic (exact) mass is 452 g/mol. The molecule has 1 heterocycles. The molecule has 0 aliphatic heterocycles. The van der Waals surface area contributed by atoms with E-state index in [-0.39, 0.29) is 11.7 Å². The number of carbonyl (C=O) groups is 1. The van der Waals surface area contributed by atoms with Gasteiger partial charge in [-0.25, -0.2) is 9.97 Å². The summed E-state index contributed by atoms with van der Waals surface area (Å²) in [5.41, 5.74) is 1.12. The Morgan fingerprint density at radius 3 is 2.60 bits per heavy atom. The normalized spacial score (nSPS) is 10.8. The first-order valence-corrected chi connectivity index (χ1v) is 11.0. The van der Waals surface area contributed by atoms with Gasteiger partial charge in [-0.15, -0.1) is 0 Å². The van der Waals surface area contributed by atoms with Crippen LogP contribution < -0.4 is 19.7 Å². The average Bonchev–Trinajstić information content (AvgIpc) is 2.73. The minimum absolute atomic E-state index is 0.0411. The number of hydrogen-bond donors (Lipinski definition) is 1. The lowest BCUT2D eigenvalue weighted by molar-refractivity contribution is -0.118. The van der Waals surface area contributed by atoms with Crippen molar-refractivity contribution in [3.63, 3.8) is 0 Å². The van der Waals surface area contributed by atoms with E-state index >= 15 is 0 Å². The fourth-order valence-electron chi connectivity index (χ4n) is 2.59. The van der Waals surface area contributed by atoms with Gasteiger partial charge in [0.05, 0.1) is 20.0 Å². The number of aromatic nitrogens is 2. The van der Waals surface area contributed by atoms with Crippen LogP contribution in [-0.4, -0.2) is 56.0 Å². The van der Waals surface area contributed by atoms with E-state index in [1.165, 1.54) is 11.8 Å². The molecule has 0 saturated carbocycles. The van der Waals surface area contributed by atoms with Crippen LogP contribution in [-0.2, 0) is 11.2 Å². The Morgan fingerprint density at radius 1 is 1.20 bits per heavy atom. The molecule has 0 saturated heterocycles. The molecule has 9 heteroatoms. The molecule has 1 aromatic carbocycles.